The number of hydrogen-bond acceptors (Lipinski definition) is 3. The topological polar surface area (TPSA) is 36.1 Å². The molecule has 0 fully saturated rings. The molecule has 0 bridgehead atoms. The lowest BCUT2D eigenvalue weighted by Crippen LogP contribution is -2.38. The van der Waals surface area contributed by atoms with Gasteiger partial charge in [0.1, 0.15) is 0 Å². The van der Waals surface area contributed by atoms with E-state index in [1.165, 1.54) is 11.3 Å². The average Bonchev–Trinajstić information content (AvgIpc) is 3.00. The molecule has 27 heavy (non-hydrogen) atoms. The molecular formula is C21H20ClN2OS2+. The molecule has 3 nitrogen and oxygen atoms in total. The van der Waals surface area contributed by atoms with Gasteiger partial charge in [0.05, 0.1) is 9.21 Å². The maximum absolute atomic E-state index is 11.0. The molecule has 0 radical (unpaired) electrons. The number of thiocarbonyl (C=S) groups is 1. The van der Waals surface area contributed by atoms with Crippen molar-refractivity contribution in [2.75, 3.05) is 5.32 Å². The molecule has 3 rings (SSSR count). The molecule has 0 aliphatic carbocycles. The van der Waals surface area contributed by atoms with Gasteiger partial charge in [-0.15, -0.1) is 11.3 Å². The molecule has 2 heterocycles. The maximum atomic E-state index is 11.0. The summed E-state index contributed by atoms with van der Waals surface area (Å²) in [5, 5.41) is 14.2. The monoisotopic (exact) mass is 415 g/mol. The minimum Gasteiger partial charge on any atom is -0.501 e. The fraction of sp³-hybridized carbons (Fsp3) is 0.143. The molecule has 0 amide bonds. The summed E-state index contributed by atoms with van der Waals surface area (Å²) in [6.45, 7) is 6.07. The van der Waals surface area contributed by atoms with E-state index in [0.717, 1.165) is 22.4 Å². The van der Waals surface area contributed by atoms with Gasteiger partial charge in [-0.05, 0) is 62.2 Å². The quantitative estimate of drug-likeness (QED) is 0.239. The molecular weight excluding hydrogens is 396 g/mol. The number of halogens is 1. The van der Waals surface area contributed by atoms with Crippen molar-refractivity contribution >= 4 is 57.3 Å². The summed E-state index contributed by atoms with van der Waals surface area (Å²) in [6, 6.07) is 13.6. The van der Waals surface area contributed by atoms with E-state index in [4.69, 9.17) is 23.8 Å². The number of nitrogens with zero attached hydrogens (tertiary/aromatic N) is 1. The highest BCUT2D eigenvalue weighted by Crippen LogP contribution is 2.29. The first-order chi connectivity index (χ1) is 12.8. The van der Waals surface area contributed by atoms with Crippen molar-refractivity contribution in [3.05, 3.63) is 80.8 Å². The van der Waals surface area contributed by atoms with Crippen LogP contribution in [-0.2, 0) is 0 Å². The summed E-state index contributed by atoms with van der Waals surface area (Å²) < 4.78 is 2.44. The Balaban J connectivity index is 2.07. The van der Waals surface area contributed by atoms with Gasteiger partial charge in [-0.3, -0.25) is 0 Å². The number of anilines is 1. The van der Waals surface area contributed by atoms with Gasteiger partial charge in [-0.2, -0.15) is 4.57 Å². The number of aryl methyl sites for hydroxylation is 3. The molecule has 0 atom stereocenters. The second-order valence-corrected chi connectivity index (χ2v) is 8.54. The first-order valence-corrected chi connectivity index (χ1v) is 10.0. The van der Waals surface area contributed by atoms with Gasteiger partial charge < -0.3 is 10.4 Å². The van der Waals surface area contributed by atoms with Crippen LogP contribution >= 0.6 is 35.2 Å². The third-order valence-corrected chi connectivity index (χ3v) is 5.47. The molecule has 2 aromatic heterocycles. The van der Waals surface area contributed by atoms with Crippen LogP contribution in [0, 0.1) is 20.8 Å². The number of aliphatic hydroxyl groups excluding tert-OH is 1. The molecule has 2 N–H and O–H groups in total. The number of benzene rings is 1. The van der Waals surface area contributed by atoms with Gasteiger partial charge >= 0.3 is 0 Å². The largest absolute Gasteiger partial charge is 0.501 e. The second kappa shape index (κ2) is 8.21. The Hall–Kier alpha value is -2.21. The lowest BCUT2D eigenvalue weighted by atomic mass is 10.1. The van der Waals surface area contributed by atoms with E-state index in [1.54, 1.807) is 12.1 Å². The zero-order valence-electron chi connectivity index (χ0n) is 15.3. The zero-order valence-corrected chi connectivity index (χ0v) is 17.7. The Labute approximate surface area is 173 Å². The minimum absolute atomic E-state index is 0.0874. The lowest BCUT2D eigenvalue weighted by molar-refractivity contribution is -0.576. The maximum Gasteiger partial charge on any atom is 0.289 e. The van der Waals surface area contributed by atoms with Crippen molar-refractivity contribution < 1.29 is 9.67 Å². The number of rotatable bonds is 4. The molecule has 1 aromatic carbocycles. The standard InChI is InChI=1S/C21H19ClN2OS2/c1-13-5-4-8-24(12-13)19(20(25)17-6-7-18(22)27-17)21(26)23-16-10-14(2)9-15(3)11-16/h4-12H,1-3H3,(H-,23,25,26)/p+1. The highest BCUT2D eigenvalue weighted by atomic mass is 35.5. The Bertz CT molecular complexity index is 1020. The molecule has 0 saturated heterocycles. The average molecular weight is 416 g/mol. The Kier molecular flexibility index (Phi) is 5.95. The molecule has 0 spiro atoms. The summed E-state index contributed by atoms with van der Waals surface area (Å²) >= 11 is 13.0. The van der Waals surface area contributed by atoms with E-state index in [-0.39, 0.29) is 5.76 Å². The van der Waals surface area contributed by atoms with Crippen LogP contribution in [0.1, 0.15) is 21.6 Å². The van der Waals surface area contributed by atoms with Crippen LogP contribution in [0.5, 0.6) is 0 Å². The van der Waals surface area contributed by atoms with Gasteiger partial charge in [0.15, 0.2) is 17.4 Å². The molecule has 0 saturated carbocycles. The Morgan fingerprint density at radius 1 is 1.07 bits per heavy atom. The van der Waals surface area contributed by atoms with Crippen LogP contribution < -0.4 is 9.88 Å². The zero-order chi connectivity index (χ0) is 19.6. The number of pyridine rings is 1. The van der Waals surface area contributed by atoms with Crippen LogP contribution in [0.4, 0.5) is 5.69 Å². The summed E-state index contributed by atoms with van der Waals surface area (Å²) in [5.41, 5.74) is 4.74. The highest BCUT2D eigenvalue weighted by Gasteiger charge is 2.25. The van der Waals surface area contributed by atoms with E-state index < -0.39 is 0 Å². The summed E-state index contributed by atoms with van der Waals surface area (Å²) in [5.74, 6) is 0.0874. The SMILES string of the molecule is Cc1cc(C)cc(NC(=S)/C(=C(\O)c2ccc(Cl)s2)[n+]2cccc(C)c2)c1. The van der Waals surface area contributed by atoms with Crippen molar-refractivity contribution in [1.29, 1.82) is 0 Å². The smallest absolute Gasteiger partial charge is 0.289 e. The number of aromatic nitrogens is 1. The number of thiophene rings is 1. The second-order valence-electron chi connectivity index (χ2n) is 6.42. The summed E-state index contributed by atoms with van der Waals surface area (Å²) in [4.78, 5) is 1.09. The first-order valence-electron chi connectivity index (χ1n) is 8.40. The van der Waals surface area contributed by atoms with E-state index in [9.17, 15) is 5.11 Å². The van der Waals surface area contributed by atoms with Crippen molar-refractivity contribution in [3.63, 3.8) is 0 Å². The molecule has 6 heteroatoms. The van der Waals surface area contributed by atoms with Crippen molar-refractivity contribution in [1.82, 2.24) is 0 Å². The normalized spacial score (nSPS) is 11.9. The third-order valence-electron chi connectivity index (χ3n) is 3.93. The fourth-order valence-electron chi connectivity index (χ4n) is 2.87. The first kappa shape index (κ1) is 19.5. The van der Waals surface area contributed by atoms with Gasteiger partial charge in [-0.1, -0.05) is 29.9 Å². The van der Waals surface area contributed by atoms with E-state index in [2.05, 4.69) is 11.4 Å². The van der Waals surface area contributed by atoms with Gasteiger partial charge in [0.2, 0.25) is 5.76 Å². The van der Waals surface area contributed by atoms with Gasteiger partial charge in [0, 0.05) is 17.3 Å². The Morgan fingerprint density at radius 2 is 1.78 bits per heavy atom. The van der Waals surface area contributed by atoms with Crippen molar-refractivity contribution in [2.45, 2.75) is 20.8 Å². The number of hydrogen-bond donors (Lipinski definition) is 2. The predicted octanol–water partition coefficient (Wildman–Crippen LogP) is 5.94. The molecule has 138 valence electrons. The minimum atomic E-state index is 0.0874. The number of aliphatic hydroxyl groups is 1. The molecule has 0 aliphatic heterocycles. The van der Waals surface area contributed by atoms with Crippen molar-refractivity contribution in [2.24, 2.45) is 0 Å². The summed E-state index contributed by atoms with van der Waals surface area (Å²) in [6.07, 6.45) is 3.79. The van der Waals surface area contributed by atoms with E-state index in [0.29, 0.717) is 19.9 Å². The van der Waals surface area contributed by atoms with Crippen LogP contribution in [0.15, 0.2) is 54.9 Å². The van der Waals surface area contributed by atoms with Crippen LogP contribution in [0.25, 0.3) is 11.5 Å². The Morgan fingerprint density at radius 3 is 2.37 bits per heavy atom. The van der Waals surface area contributed by atoms with Crippen LogP contribution in [0.2, 0.25) is 4.34 Å². The fourth-order valence-corrected chi connectivity index (χ4v) is 4.18. The van der Waals surface area contributed by atoms with Crippen LogP contribution in [-0.4, -0.2) is 10.1 Å². The van der Waals surface area contributed by atoms with Crippen molar-refractivity contribution in [3.8, 4) is 0 Å². The summed E-state index contributed by atoms with van der Waals surface area (Å²) in [7, 11) is 0. The third kappa shape index (κ3) is 4.75. The number of nitrogens with one attached hydrogen (secondary N) is 1. The van der Waals surface area contributed by atoms with E-state index in [1.807, 2.05) is 62.0 Å². The van der Waals surface area contributed by atoms with Gasteiger partial charge in [0.25, 0.3) is 5.70 Å². The molecule has 3 aromatic rings. The lowest BCUT2D eigenvalue weighted by Gasteiger charge is -2.11. The van der Waals surface area contributed by atoms with Gasteiger partial charge in [-0.25, -0.2) is 0 Å². The highest BCUT2D eigenvalue weighted by molar-refractivity contribution is 7.81. The molecule has 0 unspecified atom stereocenters. The van der Waals surface area contributed by atoms with Crippen LogP contribution in [0.3, 0.4) is 0 Å². The molecule has 0 aliphatic rings. The van der Waals surface area contributed by atoms with E-state index >= 15 is 0 Å². The predicted molar refractivity (Wildman–Crippen MR) is 119 cm³/mol.